The average molecular weight is 328 g/mol. The van der Waals surface area contributed by atoms with Gasteiger partial charge in [0, 0.05) is 0 Å². The third-order valence-corrected chi connectivity index (χ3v) is 4.54. The second-order valence-corrected chi connectivity index (χ2v) is 6.80. The van der Waals surface area contributed by atoms with Crippen molar-refractivity contribution < 1.29 is 9.53 Å². The Kier molecular flexibility index (Phi) is 17.3. The van der Waals surface area contributed by atoms with E-state index in [4.69, 9.17) is 0 Å². The maximum Gasteiger partial charge on any atom is 0.322 e. The van der Waals surface area contributed by atoms with Gasteiger partial charge in [0.15, 0.2) is 0 Å². The van der Waals surface area contributed by atoms with Crippen molar-refractivity contribution in [1.82, 2.24) is 5.32 Å². The van der Waals surface area contributed by atoms with Crippen molar-refractivity contribution in [1.29, 1.82) is 0 Å². The van der Waals surface area contributed by atoms with E-state index in [0.29, 0.717) is 0 Å². The Labute approximate surface area is 144 Å². The summed E-state index contributed by atoms with van der Waals surface area (Å²) in [7, 11) is 1.44. The largest absolute Gasteiger partial charge is 0.468 e. The van der Waals surface area contributed by atoms with Gasteiger partial charge in [-0.25, -0.2) is 0 Å². The molecule has 0 rings (SSSR count). The molecule has 0 aliphatic rings. The number of hydrogen-bond donors (Lipinski definition) is 1. The Morgan fingerprint density at radius 3 is 1.57 bits per heavy atom. The van der Waals surface area contributed by atoms with Crippen molar-refractivity contribution in [2.24, 2.45) is 0 Å². The van der Waals surface area contributed by atoms with E-state index >= 15 is 0 Å². The molecule has 0 aromatic rings. The highest BCUT2D eigenvalue weighted by Crippen LogP contribution is 2.12. The third kappa shape index (κ3) is 16.1. The highest BCUT2D eigenvalue weighted by Gasteiger charge is 2.10. The van der Waals surface area contributed by atoms with Gasteiger partial charge in [-0.15, -0.1) is 0 Å². The summed E-state index contributed by atoms with van der Waals surface area (Å²) in [6.07, 6.45) is 19.3. The van der Waals surface area contributed by atoms with Crippen LogP contribution in [0.1, 0.15) is 104 Å². The summed E-state index contributed by atoms with van der Waals surface area (Å²) in [5, 5.41) is 3.20. The monoisotopic (exact) mass is 327 g/mol. The molecule has 0 saturated heterocycles. The van der Waals surface area contributed by atoms with E-state index in [1.54, 1.807) is 0 Å². The number of carbonyl (C=O) groups excluding carboxylic acids is 1. The molecule has 0 aliphatic heterocycles. The molecule has 1 atom stereocenters. The Balaban J connectivity index is 3.09. The fourth-order valence-corrected chi connectivity index (χ4v) is 2.90. The van der Waals surface area contributed by atoms with Crippen LogP contribution in [0.3, 0.4) is 0 Å². The lowest BCUT2D eigenvalue weighted by atomic mass is 10.0. The van der Waals surface area contributed by atoms with Crippen molar-refractivity contribution in [3.05, 3.63) is 0 Å². The number of nitrogens with one attached hydrogen (secondary N) is 1. The molecule has 3 heteroatoms. The molecule has 0 amide bonds. The van der Waals surface area contributed by atoms with Crippen LogP contribution in [0, 0.1) is 0 Å². The molecule has 0 spiro atoms. The molecule has 0 aliphatic carbocycles. The summed E-state index contributed by atoms with van der Waals surface area (Å²) >= 11 is 0. The molecular weight excluding hydrogens is 286 g/mol. The van der Waals surface area contributed by atoms with E-state index in [0.717, 1.165) is 13.0 Å². The number of unbranched alkanes of at least 4 members (excludes halogenated alkanes) is 13. The van der Waals surface area contributed by atoms with Crippen LogP contribution in [-0.4, -0.2) is 25.7 Å². The van der Waals surface area contributed by atoms with Crippen LogP contribution >= 0.6 is 0 Å². The second kappa shape index (κ2) is 17.8. The highest BCUT2D eigenvalue weighted by molar-refractivity contribution is 5.74. The Morgan fingerprint density at radius 2 is 1.17 bits per heavy atom. The van der Waals surface area contributed by atoms with Gasteiger partial charge in [0.1, 0.15) is 6.04 Å². The quantitative estimate of drug-likeness (QED) is 0.278. The van der Waals surface area contributed by atoms with E-state index in [1.807, 2.05) is 6.92 Å². The summed E-state index contributed by atoms with van der Waals surface area (Å²) in [5.74, 6) is -0.171. The number of methoxy groups -OCH3 is 1. The van der Waals surface area contributed by atoms with E-state index in [-0.39, 0.29) is 12.0 Å². The van der Waals surface area contributed by atoms with Gasteiger partial charge >= 0.3 is 5.97 Å². The lowest BCUT2D eigenvalue weighted by Gasteiger charge is -2.10. The first-order chi connectivity index (χ1) is 11.2. The molecule has 3 nitrogen and oxygen atoms in total. The summed E-state index contributed by atoms with van der Waals surface area (Å²) < 4.78 is 4.69. The summed E-state index contributed by atoms with van der Waals surface area (Å²) in [6, 6.07) is -0.179. The predicted octanol–water partition coefficient (Wildman–Crippen LogP) is 5.62. The third-order valence-electron chi connectivity index (χ3n) is 4.54. The van der Waals surface area contributed by atoms with Crippen LogP contribution in [0.5, 0.6) is 0 Å². The standard InChI is InChI=1S/C20H41NO2/c1-4-5-6-7-8-9-10-11-12-13-14-15-16-17-18-21-19(2)20(22)23-3/h19,21H,4-18H2,1-3H3. The van der Waals surface area contributed by atoms with Gasteiger partial charge in [0.05, 0.1) is 7.11 Å². The van der Waals surface area contributed by atoms with Gasteiger partial charge in [-0.1, -0.05) is 90.4 Å². The van der Waals surface area contributed by atoms with E-state index < -0.39 is 0 Å². The molecule has 0 heterocycles. The van der Waals surface area contributed by atoms with Crippen molar-refractivity contribution in [3.8, 4) is 0 Å². The smallest absolute Gasteiger partial charge is 0.322 e. The number of esters is 1. The van der Waals surface area contributed by atoms with Gasteiger partial charge in [-0.05, 0) is 19.9 Å². The molecular formula is C20H41NO2. The van der Waals surface area contributed by atoms with Gasteiger partial charge < -0.3 is 10.1 Å². The molecule has 0 radical (unpaired) electrons. The lowest BCUT2D eigenvalue weighted by Crippen LogP contribution is -2.35. The minimum Gasteiger partial charge on any atom is -0.468 e. The molecule has 23 heavy (non-hydrogen) atoms. The molecule has 1 unspecified atom stereocenters. The van der Waals surface area contributed by atoms with Crippen LogP contribution in [-0.2, 0) is 9.53 Å². The van der Waals surface area contributed by atoms with Crippen molar-refractivity contribution in [2.75, 3.05) is 13.7 Å². The van der Waals surface area contributed by atoms with Crippen LogP contribution < -0.4 is 5.32 Å². The Hall–Kier alpha value is -0.570. The van der Waals surface area contributed by atoms with Crippen molar-refractivity contribution >= 4 is 5.97 Å². The SMILES string of the molecule is CCCCCCCCCCCCCCCCNC(C)C(=O)OC. The zero-order valence-corrected chi connectivity index (χ0v) is 16.0. The summed E-state index contributed by atoms with van der Waals surface area (Å²) in [4.78, 5) is 11.2. The van der Waals surface area contributed by atoms with E-state index in [2.05, 4.69) is 17.0 Å². The minimum atomic E-state index is -0.179. The number of carbonyl (C=O) groups is 1. The molecule has 0 fully saturated rings. The predicted molar refractivity (Wildman–Crippen MR) is 99.8 cm³/mol. The first-order valence-corrected chi connectivity index (χ1v) is 10.0. The van der Waals surface area contributed by atoms with Gasteiger partial charge in [-0.2, -0.15) is 0 Å². The minimum absolute atomic E-state index is 0.171. The number of rotatable bonds is 17. The Morgan fingerprint density at radius 1 is 0.783 bits per heavy atom. The van der Waals surface area contributed by atoms with Crippen LogP contribution in [0.25, 0.3) is 0 Å². The molecule has 0 saturated carbocycles. The fraction of sp³-hybridized carbons (Fsp3) is 0.950. The Bertz CT molecular complexity index is 256. The number of hydrogen-bond acceptors (Lipinski definition) is 3. The second-order valence-electron chi connectivity index (χ2n) is 6.80. The highest BCUT2D eigenvalue weighted by atomic mass is 16.5. The molecule has 0 aromatic carbocycles. The van der Waals surface area contributed by atoms with Crippen LogP contribution in [0.15, 0.2) is 0 Å². The molecule has 1 N–H and O–H groups in total. The summed E-state index contributed by atoms with van der Waals surface area (Å²) in [5.41, 5.74) is 0. The molecule has 0 aromatic heterocycles. The topological polar surface area (TPSA) is 38.3 Å². The molecule has 0 bridgehead atoms. The van der Waals surface area contributed by atoms with E-state index in [1.165, 1.54) is 90.6 Å². The molecule has 138 valence electrons. The van der Waals surface area contributed by atoms with Crippen molar-refractivity contribution in [2.45, 2.75) is 110 Å². The maximum absolute atomic E-state index is 11.2. The van der Waals surface area contributed by atoms with Crippen LogP contribution in [0.2, 0.25) is 0 Å². The van der Waals surface area contributed by atoms with Crippen molar-refractivity contribution in [3.63, 3.8) is 0 Å². The zero-order chi connectivity index (χ0) is 17.2. The zero-order valence-electron chi connectivity index (χ0n) is 16.0. The fourth-order valence-electron chi connectivity index (χ4n) is 2.90. The lowest BCUT2D eigenvalue weighted by molar-refractivity contribution is -0.142. The van der Waals surface area contributed by atoms with Crippen LogP contribution in [0.4, 0.5) is 0 Å². The normalized spacial score (nSPS) is 12.3. The number of ether oxygens (including phenoxy) is 1. The summed E-state index contributed by atoms with van der Waals surface area (Å²) in [6.45, 7) is 5.04. The van der Waals surface area contributed by atoms with E-state index in [9.17, 15) is 4.79 Å². The van der Waals surface area contributed by atoms with Gasteiger partial charge in [0.2, 0.25) is 0 Å². The average Bonchev–Trinajstić information content (AvgIpc) is 2.57. The van der Waals surface area contributed by atoms with Gasteiger partial charge in [-0.3, -0.25) is 4.79 Å². The van der Waals surface area contributed by atoms with Gasteiger partial charge in [0.25, 0.3) is 0 Å². The maximum atomic E-state index is 11.2. The first kappa shape index (κ1) is 22.4. The first-order valence-electron chi connectivity index (χ1n) is 10.0.